The summed E-state index contributed by atoms with van der Waals surface area (Å²) in [4.78, 5) is 0. The first-order valence-electron chi connectivity index (χ1n) is 18.9. The highest BCUT2D eigenvalue weighted by molar-refractivity contribution is 5.86. The largest absolute Gasteiger partial charge is 0.344 e. The van der Waals surface area contributed by atoms with Crippen molar-refractivity contribution in [1.82, 2.24) is 4.57 Å². The molecule has 0 amide bonds. The maximum atomic E-state index is 4.16. The van der Waals surface area contributed by atoms with Crippen molar-refractivity contribution in [2.45, 2.75) is 185 Å². The fourth-order valence-electron chi connectivity index (χ4n) is 6.57. The first-order valence-corrected chi connectivity index (χ1v) is 18.9. The van der Waals surface area contributed by atoms with Gasteiger partial charge < -0.3 is 4.57 Å². The molecule has 2 saturated carbocycles. The van der Waals surface area contributed by atoms with Crippen LogP contribution in [-0.2, 0) is 19.4 Å². The summed E-state index contributed by atoms with van der Waals surface area (Å²) >= 11 is 0. The molecule has 1 aromatic carbocycles. The van der Waals surface area contributed by atoms with E-state index in [9.17, 15) is 0 Å². The molecule has 2 aromatic rings. The Labute approximate surface area is 272 Å². The highest BCUT2D eigenvalue weighted by atomic mass is 15.0. The lowest BCUT2D eigenvalue weighted by Gasteiger charge is -2.30. The van der Waals surface area contributed by atoms with E-state index in [1.54, 1.807) is 22.2 Å². The topological polar surface area (TPSA) is 4.93 Å². The number of benzene rings is 1. The zero-order chi connectivity index (χ0) is 33.2. The van der Waals surface area contributed by atoms with Crippen molar-refractivity contribution in [3.05, 3.63) is 59.8 Å². The van der Waals surface area contributed by atoms with E-state index in [2.05, 4.69) is 62.8 Å². The van der Waals surface area contributed by atoms with Crippen LogP contribution in [0.2, 0.25) is 0 Å². The minimum absolute atomic E-state index is 0.737. The van der Waals surface area contributed by atoms with Gasteiger partial charge in [0.15, 0.2) is 0 Å². The molecule has 1 heterocycles. The van der Waals surface area contributed by atoms with Crippen molar-refractivity contribution in [3.8, 4) is 0 Å². The predicted octanol–water partition coefficient (Wildman–Crippen LogP) is 14.7. The molecule has 0 bridgehead atoms. The lowest BCUT2D eigenvalue weighted by molar-refractivity contribution is 0.257. The SMILES string of the molecule is C=C(C)CC.C=CC1CCCC[C@@H]1CCn1c(C2CCCCC2)cc2c(CC)c(CCC)ccc21.CC.CC.CC.CC. The lowest BCUT2D eigenvalue weighted by Crippen LogP contribution is -2.20. The van der Waals surface area contributed by atoms with E-state index in [-0.39, 0.29) is 0 Å². The molecule has 1 nitrogen and oxygen atoms in total. The van der Waals surface area contributed by atoms with E-state index < -0.39 is 0 Å². The molecule has 2 atom stereocenters. The first-order chi connectivity index (χ1) is 21.0. The van der Waals surface area contributed by atoms with Crippen molar-refractivity contribution in [3.63, 3.8) is 0 Å². The molecule has 2 aliphatic carbocycles. The number of fused-ring (bicyclic) bond motifs is 1. The van der Waals surface area contributed by atoms with Gasteiger partial charge in [-0.2, -0.15) is 0 Å². The Kier molecular flexibility index (Phi) is 28.0. The molecule has 0 spiro atoms. The number of rotatable bonds is 9. The van der Waals surface area contributed by atoms with Crippen LogP contribution in [0.15, 0.2) is 43.0 Å². The smallest absolute Gasteiger partial charge is 0.0485 e. The van der Waals surface area contributed by atoms with Crippen molar-refractivity contribution >= 4 is 10.9 Å². The molecule has 4 rings (SSSR count). The van der Waals surface area contributed by atoms with Gasteiger partial charge in [-0.25, -0.2) is 0 Å². The van der Waals surface area contributed by atoms with Gasteiger partial charge in [-0.1, -0.05) is 132 Å². The van der Waals surface area contributed by atoms with Crippen LogP contribution in [0.25, 0.3) is 10.9 Å². The van der Waals surface area contributed by atoms with Crippen LogP contribution in [-0.4, -0.2) is 4.57 Å². The van der Waals surface area contributed by atoms with Crippen molar-refractivity contribution in [2.75, 3.05) is 0 Å². The van der Waals surface area contributed by atoms with Crippen LogP contribution >= 0.6 is 0 Å². The first kappa shape index (κ1) is 43.4. The van der Waals surface area contributed by atoms with Gasteiger partial charge in [0.1, 0.15) is 0 Å². The Morgan fingerprint density at radius 3 is 1.91 bits per heavy atom. The molecule has 1 heteroatoms. The number of hydrogen-bond donors (Lipinski definition) is 0. The fourth-order valence-corrected chi connectivity index (χ4v) is 6.57. The summed E-state index contributed by atoms with van der Waals surface area (Å²) in [6.45, 7) is 33.8. The molecule has 0 aliphatic heterocycles. The third-order valence-electron chi connectivity index (χ3n) is 8.82. The monoisotopic (exact) mass is 596 g/mol. The lowest BCUT2D eigenvalue weighted by atomic mass is 9.77. The number of aryl methyl sites for hydroxylation is 3. The standard InChI is InChI=1S/C29H43N.C5H10.4C2H6/c1-4-12-24-17-18-28-27(26(24)6-3)21-29(25-15-8-7-9-16-25)30(28)20-19-23-14-11-10-13-22(23)5-2;1-4-5(2)3;4*1-2/h5,17-18,21-23,25H,2,4,6-16,19-20H2,1,3H3;2,4H2,1,3H3;4*1-2H3/t22?,23-;;;;;/m1...../s1. The van der Waals surface area contributed by atoms with Gasteiger partial charge in [0.05, 0.1) is 0 Å². The summed E-state index contributed by atoms with van der Waals surface area (Å²) in [6, 6.07) is 7.52. The van der Waals surface area contributed by atoms with E-state index in [4.69, 9.17) is 0 Å². The van der Waals surface area contributed by atoms with E-state index in [1.807, 2.05) is 62.3 Å². The van der Waals surface area contributed by atoms with Crippen LogP contribution in [0, 0.1) is 11.8 Å². The Balaban J connectivity index is 0. The second kappa shape index (κ2) is 27.8. The summed E-state index contributed by atoms with van der Waals surface area (Å²) in [5.41, 5.74) is 7.62. The van der Waals surface area contributed by atoms with Crippen molar-refractivity contribution in [1.29, 1.82) is 0 Å². The molecule has 0 N–H and O–H groups in total. The molecule has 1 unspecified atom stereocenters. The maximum Gasteiger partial charge on any atom is 0.0485 e. The second-order valence-electron chi connectivity index (χ2n) is 11.3. The minimum Gasteiger partial charge on any atom is -0.344 e. The zero-order valence-corrected chi connectivity index (χ0v) is 31.5. The summed E-state index contributed by atoms with van der Waals surface area (Å²) in [6.07, 6.45) is 20.9. The zero-order valence-electron chi connectivity index (χ0n) is 31.5. The van der Waals surface area contributed by atoms with E-state index in [0.717, 1.165) is 30.6 Å². The molecule has 1 aromatic heterocycles. The van der Waals surface area contributed by atoms with Crippen LogP contribution in [0.5, 0.6) is 0 Å². The third-order valence-corrected chi connectivity index (χ3v) is 8.82. The maximum absolute atomic E-state index is 4.16. The van der Waals surface area contributed by atoms with Gasteiger partial charge in [-0.3, -0.25) is 0 Å². The quantitative estimate of drug-likeness (QED) is 0.254. The Morgan fingerprint density at radius 1 is 0.837 bits per heavy atom. The van der Waals surface area contributed by atoms with Gasteiger partial charge in [0, 0.05) is 23.1 Å². The molecule has 0 saturated heterocycles. The summed E-state index contributed by atoms with van der Waals surface area (Å²) < 4.78 is 2.76. The average molecular weight is 596 g/mol. The number of nitrogens with zero attached hydrogens (tertiary/aromatic N) is 1. The van der Waals surface area contributed by atoms with Crippen molar-refractivity contribution in [2.24, 2.45) is 11.8 Å². The number of allylic oxidation sites excluding steroid dienone is 2. The average Bonchev–Trinajstić information content (AvgIpc) is 3.46. The van der Waals surface area contributed by atoms with Gasteiger partial charge in [0.25, 0.3) is 0 Å². The Bertz CT molecular complexity index is 939. The van der Waals surface area contributed by atoms with Crippen LogP contribution in [0.3, 0.4) is 0 Å². The molecule has 2 fully saturated rings. The highest BCUT2D eigenvalue weighted by Gasteiger charge is 2.25. The Morgan fingerprint density at radius 2 is 1.40 bits per heavy atom. The minimum atomic E-state index is 0.737. The molecule has 250 valence electrons. The molecule has 2 aliphatic rings. The van der Waals surface area contributed by atoms with Crippen molar-refractivity contribution < 1.29 is 0 Å². The highest BCUT2D eigenvalue weighted by Crippen LogP contribution is 2.39. The normalized spacial score (nSPS) is 17.6. The van der Waals surface area contributed by atoms with Crippen LogP contribution in [0.1, 0.15) is 183 Å². The van der Waals surface area contributed by atoms with E-state index >= 15 is 0 Å². The van der Waals surface area contributed by atoms with Crippen LogP contribution < -0.4 is 0 Å². The van der Waals surface area contributed by atoms with E-state index in [0.29, 0.717) is 0 Å². The third kappa shape index (κ3) is 14.3. The predicted molar refractivity (Wildman–Crippen MR) is 202 cm³/mol. The molecular weight excluding hydrogens is 518 g/mol. The van der Waals surface area contributed by atoms with Gasteiger partial charge in [-0.15, -0.1) is 13.2 Å². The van der Waals surface area contributed by atoms with Gasteiger partial charge >= 0.3 is 0 Å². The summed E-state index contributed by atoms with van der Waals surface area (Å²) in [5, 5.41) is 1.56. The molecule has 43 heavy (non-hydrogen) atoms. The summed E-state index contributed by atoms with van der Waals surface area (Å²) in [7, 11) is 0. The number of aromatic nitrogens is 1. The number of hydrogen-bond acceptors (Lipinski definition) is 0. The van der Waals surface area contributed by atoms with E-state index in [1.165, 1.54) is 94.7 Å². The van der Waals surface area contributed by atoms with Gasteiger partial charge in [0.2, 0.25) is 0 Å². The van der Waals surface area contributed by atoms with Gasteiger partial charge in [-0.05, 0) is 99.3 Å². The summed E-state index contributed by atoms with van der Waals surface area (Å²) in [5.74, 6) is 2.34. The second-order valence-corrected chi connectivity index (χ2v) is 11.3. The fraction of sp³-hybridized carbons (Fsp3) is 0.714. The Hall–Kier alpha value is -1.76. The molecular formula is C42H77N. The van der Waals surface area contributed by atoms with Crippen LogP contribution in [0.4, 0.5) is 0 Å². The molecule has 0 radical (unpaired) electrons.